The molecule has 20 heavy (non-hydrogen) atoms. The molecule has 0 aliphatic rings. The maximum atomic E-state index is 6.48. The molecular formula is C16H27IO2Si. The third-order valence-electron chi connectivity index (χ3n) is 4.18. The topological polar surface area (TPSA) is 18.5 Å². The molecule has 2 nitrogen and oxygen atoms in total. The lowest BCUT2D eigenvalue weighted by Crippen LogP contribution is -2.44. The van der Waals surface area contributed by atoms with Gasteiger partial charge in [-0.25, -0.2) is 0 Å². The molecule has 2 atom stereocenters. The highest BCUT2D eigenvalue weighted by molar-refractivity contribution is 14.1. The van der Waals surface area contributed by atoms with Gasteiger partial charge in [-0.3, -0.25) is 0 Å². The average molecular weight is 406 g/mol. The second-order valence-corrected chi connectivity index (χ2v) is 12.7. The van der Waals surface area contributed by atoms with Crippen molar-refractivity contribution in [3.05, 3.63) is 33.4 Å². The molecule has 1 rings (SSSR count). The first kappa shape index (κ1) is 18.1. The summed E-state index contributed by atoms with van der Waals surface area (Å²) in [4.78, 5) is 0. The van der Waals surface area contributed by atoms with Gasteiger partial charge in [0.05, 0.1) is 6.10 Å². The van der Waals surface area contributed by atoms with Gasteiger partial charge in [0.15, 0.2) is 8.32 Å². The summed E-state index contributed by atoms with van der Waals surface area (Å²) in [7, 11) is -0.0166. The van der Waals surface area contributed by atoms with Crippen LogP contribution in [0.25, 0.3) is 0 Å². The van der Waals surface area contributed by atoms with Crippen LogP contribution < -0.4 is 0 Å². The zero-order valence-electron chi connectivity index (χ0n) is 13.7. The monoisotopic (exact) mass is 406 g/mol. The molecule has 0 amide bonds. The fourth-order valence-corrected chi connectivity index (χ4v) is 4.08. The quantitative estimate of drug-likeness (QED) is 0.482. The van der Waals surface area contributed by atoms with Crippen molar-refractivity contribution < 1.29 is 9.16 Å². The van der Waals surface area contributed by atoms with Gasteiger partial charge in [0.25, 0.3) is 0 Å². The summed E-state index contributed by atoms with van der Waals surface area (Å²) in [6, 6.07) is 8.35. The summed E-state index contributed by atoms with van der Waals surface area (Å²) >= 11 is 2.36. The first-order chi connectivity index (χ1) is 9.10. The van der Waals surface area contributed by atoms with Gasteiger partial charge >= 0.3 is 0 Å². The van der Waals surface area contributed by atoms with Crippen molar-refractivity contribution in [1.82, 2.24) is 0 Å². The minimum Gasteiger partial charge on any atom is -0.411 e. The summed E-state index contributed by atoms with van der Waals surface area (Å²) in [5.74, 6) is 0. The molecule has 0 saturated carbocycles. The van der Waals surface area contributed by atoms with Crippen LogP contribution in [0.5, 0.6) is 0 Å². The van der Waals surface area contributed by atoms with Crippen LogP contribution in [-0.4, -0.2) is 21.5 Å². The Morgan fingerprint density at radius 3 is 2.15 bits per heavy atom. The number of halogens is 1. The summed E-state index contributed by atoms with van der Waals surface area (Å²) in [5, 5.41) is 0.212. The normalized spacial score (nSPS) is 16.0. The predicted molar refractivity (Wildman–Crippen MR) is 96.7 cm³/mol. The minimum absolute atomic E-state index is 0.0165. The lowest BCUT2D eigenvalue weighted by atomic mass is 10.1. The van der Waals surface area contributed by atoms with Crippen molar-refractivity contribution in [2.24, 2.45) is 0 Å². The van der Waals surface area contributed by atoms with Crippen LogP contribution >= 0.6 is 22.6 Å². The second-order valence-electron chi connectivity index (χ2n) is 6.76. The molecule has 2 unspecified atom stereocenters. The fraction of sp³-hybridized carbons (Fsp3) is 0.625. The van der Waals surface area contributed by atoms with Crippen molar-refractivity contribution in [1.29, 1.82) is 0 Å². The maximum absolute atomic E-state index is 6.48. The molecule has 0 saturated heterocycles. The number of hydrogen-bond donors (Lipinski definition) is 0. The molecule has 0 aliphatic carbocycles. The molecule has 0 aromatic heterocycles. The van der Waals surface area contributed by atoms with Crippen LogP contribution in [0.15, 0.2) is 24.3 Å². The van der Waals surface area contributed by atoms with E-state index in [1.54, 1.807) is 7.11 Å². The van der Waals surface area contributed by atoms with Crippen molar-refractivity contribution >= 4 is 30.9 Å². The highest BCUT2D eigenvalue weighted by Gasteiger charge is 2.40. The Morgan fingerprint density at radius 1 is 1.15 bits per heavy atom. The lowest BCUT2D eigenvalue weighted by molar-refractivity contribution is 0.00246. The highest BCUT2D eigenvalue weighted by Crippen LogP contribution is 2.39. The van der Waals surface area contributed by atoms with E-state index in [2.05, 4.69) is 87.6 Å². The van der Waals surface area contributed by atoms with Gasteiger partial charge < -0.3 is 9.16 Å². The standard InChI is InChI=1S/C16H27IO2Si/c1-12(19-20(6,7)16(2,3)4)15(18-5)13-10-8-9-11-14(13)17/h8-12,15H,1-7H3. The molecule has 1 aromatic rings. The van der Waals surface area contributed by atoms with Crippen LogP contribution in [0.3, 0.4) is 0 Å². The Kier molecular flexibility index (Phi) is 6.26. The van der Waals surface area contributed by atoms with Gasteiger partial charge in [0.2, 0.25) is 0 Å². The minimum atomic E-state index is -1.78. The van der Waals surface area contributed by atoms with Gasteiger partial charge in [-0.05, 0) is 59.3 Å². The van der Waals surface area contributed by atoms with Crippen LogP contribution in [0, 0.1) is 3.57 Å². The number of rotatable bonds is 5. The van der Waals surface area contributed by atoms with E-state index >= 15 is 0 Å². The van der Waals surface area contributed by atoms with Crippen LogP contribution in [-0.2, 0) is 9.16 Å². The molecule has 4 heteroatoms. The molecule has 0 bridgehead atoms. The molecular weight excluding hydrogens is 379 g/mol. The molecule has 114 valence electrons. The first-order valence-electron chi connectivity index (χ1n) is 7.05. The van der Waals surface area contributed by atoms with Crippen LogP contribution in [0.4, 0.5) is 0 Å². The number of ether oxygens (including phenoxy) is 1. The average Bonchev–Trinajstić information content (AvgIpc) is 2.30. The summed E-state index contributed by atoms with van der Waals surface area (Å²) < 4.78 is 13.4. The first-order valence-corrected chi connectivity index (χ1v) is 11.0. The zero-order valence-corrected chi connectivity index (χ0v) is 16.8. The number of methoxy groups -OCH3 is 1. The van der Waals surface area contributed by atoms with E-state index in [1.165, 1.54) is 9.13 Å². The second kappa shape index (κ2) is 6.90. The summed E-state index contributed by atoms with van der Waals surface area (Å²) in [5.41, 5.74) is 1.21. The van der Waals surface area contributed by atoms with E-state index in [1.807, 2.05) is 0 Å². The lowest BCUT2D eigenvalue weighted by Gasteiger charge is -2.40. The molecule has 1 aromatic carbocycles. The molecule has 0 heterocycles. The van der Waals surface area contributed by atoms with E-state index in [0.717, 1.165) is 0 Å². The Labute approximate surface area is 138 Å². The van der Waals surface area contributed by atoms with Gasteiger partial charge in [-0.1, -0.05) is 39.0 Å². The third-order valence-corrected chi connectivity index (χ3v) is 9.73. The van der Waals surface area contributed by atoms with Crippen molar-refractivity contribution in [3.8, 4) is 0 Å². The Balaban J connectivity index is 2.95. The van der Waals surface area contributed by atoms with Gasteiger partial charge in [-0.2, -0.15) is 0 Å². The van der Waals surface area contributed by atoms with Crippen LogP contribution in [0.2, 0.25) is 18.1 Å². The molecule has 0 radical (unpaired) electrons. The van der Waals surface area contributed by atoms with Crippen molar-refractivity contribution in [3.63, 3.8) is 0 Å². The number of benzene rings is 1. The third kappa shape index (κ3) is 4.29. The largest absolute Gasteiger partial charge is 0.411 e. The van der Waals surface area contributed by atoms with E-state index in [4.69, 9.17) is 9.16 Å². The van der Waals surface area contributed by atoms with Crippen LogP contribution in [0.1, 0.15) is 39.4 Å². The van der Waals surface area contributed by atoms with E-state index in [9.17, 15) is 0 Å². The van der Waals surface area contributed by atoms with Gasteiger partial charge in [-0.15, -0.1) is 0 Å². The van der Waals surface area contributed by atoms with Crippen molar-refractivity contribution in [2.75, 3.05) is 7.11 Å². The summed E-state index contributed by atoms with van der Waals surface area (Å²) in [6.07, 6.45) is 0.0361. The Morgan fingerprint density at radius 2 is 1.70 bits per heavy atom. The smallest absolute Gasteiger partial charge is 0.192 e. The Hall–Kier alpha value is 0.0869. The van der Waals surface area contributed by atoms with Crippen molar-refractivity contribution in [2.45, 2.75) is 58.0 Å². The molecule has 0 fully saturated rings. The SMILES string of the molecule is COC(c1ccccc1I)C(C)O[Si](C)(C)C(C)(C)C. The van der Waals surface area contributed by atoms with E-state index in [-0.39, 0.29) is 17.2 Å². The Bertz CT molecular complexity index is 440. The van der Waals surface area contributed by atoms with Gasteiger partial charge in [0.1, 0.15) is 6.10 Å². The maximum Gasteiger partial charge on any atom is 0.192 e. The molecule has 0 spiro atoms. The highest BCUT2D eigenvalue weighted by atomic mass is 127. The van der Waals surface area contributed by atoms with Gasteiger partial charge in [0, 0.05) is 10.7 Å². The number of hydrogen-bond acceptors (Lipinski definition) is 2. The summed E-state index contributed by atoms with van der Waals surface area (Å²) in [6.45, 7) is 13.5. The molecule has 0 N–H and O–H groups in total. The van der Waals surface area contributed by atoms with E-state index in [0.29, 0.717) is 0 Å². The van der Waals surface area contributed by atoms with E-state index < -0.39 is 8.32 Å². The zero-order chi connectivity index (χ0) is 15.6. The predicted octanol–water partition coefficient (Wildman–Crippen LogP) is 5.39. The molecule has 0 aliphatic heterocycles. The fourth-order valence-electron chi connectivity index (χ4n) is 1.98.